The molecular formula is C36H55N3O4S. The Balaban J connectivity index is 1.36. The number of nitrogens with one attached hydrogen (secondary N) is 1. The van der Waals surface area contributed by atoms with Gasteiger partial charge in [-0.1, -0.05) is 51.7 Å². The van der Waals surface area contributed by atoms with Crippen LogP contribution in [0.4, 0.5) is 5.69 Å². The molecule has 2 aromatic carbocycles. The van der Waals surface area contributed by atoms with Crippen LogP contribution in [0, 0.1) is 5.41 Å². The van der Waals surface area contributed by atoms with Crippen molar-refractivity contribution in [1.82, 2.24) is 10.2 Å². The summed E-state index contributed by atoms with van der Waals surface area (Å²) in [5.41, 5.74) is 1.87. The molecule has 0 radical (unpaired) electrons. The number of anilines is 1. The third kappa shape index (κ3) is 7.30. The molecule has 8 heteroatoms. The molecule has 0 aliphatic carbocycles. The first kappa shape index (κ1) is 33.2. The number of piperazine rings is 1. The lowest BCUT2D eigenvalue weighted by Gasteiger charge is -2.46. The van der Waals surface area contributed by atoms with E-state index in [1.807, 2.05) is 55.4 Å². The van der Waals surface area contributed by atoms with Crippen LogP contribution in [0.1, 0.15) is 95.1 Å². The maximum absolute atomic E-state index is 14.1. The summed E-state index contributed by atoms with van der Waals surface area (Å²) >= 11 is 0. The van der Waals surface area contributed by atoms with Gasteiger partial charge in [0.15, 0.2) is 9.84 Å². The van der Waals surface area contributed by atoms with Crippen molar-refractivity contribution < 1.29 is 18.3 Å². The van der Waals surface area contributed by atoms with E-state index in [4.69, 9.17) is 4.74 Å². The van der Waals surface area contributed by atoms with Gasteiger partial charge >= 0.3 is 0 Å². The zero-order valence-electron chi connectivity index (χ0n) is 27.4. The summed E-state index contributed by atoms with van der Waals surface area (Å²) in [7, 11) is 0.317. The van der Waals surface area contributed by atoms with Crippen LogP contribution in [0.5, 0.6) is 5.75 Å². The lowest BCUT2D eigenvalue weighted by molar-refractivity contribution is 0.0127. The molecule has 4 aliphatic heterocycles. The van der Waals surface area contributed by atoms with Crippen LogP contribution in [0.25, 0.3) is 0 Å². The van der Waals surface area contributed by atoms with Gasteiger partial charge in [-0.25, -0.2) is 8.42 Å². The Hall–Kier alpha value is -2.13. The highest BCUT2D eigenvalue weighted by Gasteiger charge is 2.49. The number of sulfone groups is 1. The largest absolute Gasteiger partial charge is 0.494 e. The quantitative estimate of drug-likeness (QED) is 0.250. The minimum atomic E-state index is -3.61. The fraction of sp³-hybridized carbons (Fsp3) is 0.667. The lowest BCUT2D eigenvalue weighted by Crippen LogP contribution is -2.60. The number of aliphatic hydroxyl groups is 1. The van der Waals surface area contributed by atoms with Crippen LogP contribution in [0.15, 0.2) is 47.4 Å². The van der Waals surface area contributed by atoms with Crippen LogP contribution in [0.3, 0.4) is 0 Å². The predicted molar refractivity (Wildman–Crippen MR) is 180 cm³/mol. The fourth-order valence-corrected chi connectivity index (χ4v) is 10.0. The smallest absolute Gasteiger partial charge is 0.179 e. The van der Waals surface area contributed by atoms with Crippen molar-refractivity contribution >= 4 is 15.5 Å². The molecule has 2 unspecified atom stereocenters. The summed E-state index contributed by atoms with van der Waals surface area (Å²) in [5.74, 6) is 0.359. The number of nitrogens with zero attached hydrogens (tertiary/aromatic N) is 2. The number of aliphatic hydroxyl groups excluding tert-OH is 1. The number of hydrogen-bond donors (Lipinski definition) is 2. The second-order valence-electron chi connectivity index (χ2n) is 13.8. The monoisotopic (exact) mass is 625 g/mol. The average Bonchev–Trinajstić information content (AvgIpc) is 3.10. The minimum absolute atomic E-state index is 0.0114. The molecule has 0 amide bonds. The second kappa shape index (κ2) is 14.5. The first-order valence-corrected chi connectivity index (χ1v) is 18.7. The Kier molecular flexibility index (Phi) is 11.0. The second-order valence-corrected chi connectivity index (χ2v) is 15.8. The highest BCUT2D eigenvalue weighted by molar-refractivity contribution is 7.91. The van der Waals surface area contributed by atoms with Crippen molar-refractivity contribution in [3.8, 4) is 5.75 Å². The Morgan fingerprint density at radius 2 is 1.73 bits per heavy atom. The van der Waals surface area contributed by atoms with Gasteiger partial charge in [0, 0.05) is 56.3 Å². The molecule has 7 nitrogen and oxygen atoms in total. The summed E-state index contributed by atoms with van der Waals surface area (Å²) in [6.45, 7) is 8.39. The van der Waals surface area contributed by atoms with Crippen LogP contribution in [-0.2, 0) is 9.84 Å². The molecule has 2 bridgehead atoms. The molecule has 2 aromatic rings. The highest BCUT2D eigenvalue weighted by atomic mass is 32.2. The number of fused-ring (bicyclic) bond motifs is 4. The van der Waals surface area contributed by atoms with Crippen LogP contribution < -0.4 is 15.0 Å². The molecule has 4 heterocycles. The molecule has 0 saturated carbocycles. The van der Waals surface area contributed by atoms with E-state index in [1.165, 1.54) is 19.4 Å². The zero-order chi connectivity index (χ0) is 31.3. The summed E-state index contributed by atoms with van der Waals surface area (Å²) in [6, 6.07) is 15.1. The molecule has 3 fully saturated rings. The molecule has 4 aliphatic rings. The van der Waals surface area contributed by atoms with E-state index >= 15 is 0 Å². The predicted octanol–water partition coefficient (Wildman–Crippen LogP) is 5.99. The van der Waals surface area contributed by atoms with Gasteiger partial charge in [0.05, 0.1) is 23.4 Å². The topological polar surface area (TPSA) is 82.1 Å². The van der Waals surface area contributed by atoms with Gasteiger partial charge in [0.1, 0.15) is 5.75 Å². The van der Waals surface area contributed by atoms with Crippen molar-refractivity contribution in [2.75, 3.05) is 51.0 Å². The number of benzene rings is 2. The van der Waals surface area contributed by atoms with Gasteiger partial charge in [-0.2, -0.15) is 0 Å². The number of ether oxygens (including phenoxy) is 1. The molecule has 44 heavy (non-hydrogen) atoms. The maximum atomic E-state index is 14.1. The number of hydrogen-bond acceptors (Lipinski definition) is 7. The SMILES string of the molecule is CCCCC1(CCCC)CS(=O)(=O)c2ccc(N(C)C)cc2[C@@H](c2ccc(OCCCCN3CC4CCC3CN4)cc2)[C@H]1O. The highest BCUT2D eigenvalue weighted by Crippen LogP contribution is 2.50. The Morgan fingerprint density at radius 1 is 1.00 bits per heavy atom. The molecule has 0 aromatic heterocycles. The van der Waals surface area contributed by atoms with E-state index in [0.29, 0.717) is 42.0 Å². The standard InChI is InChI=1S/C36H55N3O4S/c1-5-7-19-36(20-8-6-2)26-44(41,42)33-18-15-29(38(3)4)23-32(33)34(35(36)40)27-11-16-31(17-12-27)43-22-10-9-21-39-25-28-13-14-30(39)24-37-28/h11-12,15-18,23,28,30,34-35,37,40H,5-10,13-14,19-22,24-26H2,1-4H3/t28?,30?,34-,35-/m1/s1. The van der Waals surface area contributed by atoms with E-state index in [9.17, 15) is 13.5 Å². The Morgan fingerprint density at radius 3 is 2.32 bits per heavy atom. The van der Waals surface area contributed by atoms with E-state index in [0.717, 1.165) is 68.6 Å². The minimum Gasteiger partial charge on any atom is -0.494 e. The number of rotatable bonds is 14. The first-order chi connectivity index (χ1) is 21.2. The Bertz CT molecular complexity index is 1310. The van der Waals surface area contributed by atoms with Crippen molar-refractivity contribution in [3.05, 3.63) is 53.6 Å². The maximum Gasteiger partial charge on any atom is 0.179 e. The van der Waals surface area contributed by atoms with Crippen LogP contribution >= 0.6 is 0 Å². The van der Waals surface area contributed by atoms with Crippen molar-refractivity contribution in [3.63, 3.8) is 0 Å². The first-order valence-electron chi connectivity index (χ1n) is 17.1. The summed E-state index contributed by atoms with van der Waals surface area (Å²) in [5, 5.41) is 16.0. The zero-order valence-corrected chi connectivity index (χ0v) is 28.2. The van der Waals surface area contributed by atoms with Gasteiger partial charge < -0.3 is 20.1 Å². The van der Waals surface area contributed by atoms with Gasteiger partial charge in [0.2, 0.25) is 0 Å². The normalized spacial score (nSPS) is 25.8. The van der Waals surface area contributed by atoms with E-state index in [1.54, 1.807) is 6.07 Å². The van der Waals surface area contributed by atoms with Crippen LogP contribution in [0.2, 0.25) is 0 Å². The van der Waals surface area contributed by atoms with E-state index < -0.39 is 27.3 Å². The third-order valence-electron chi connectivity index (χ3n) is 10.5. The lowest BCUT2D eigenvalue weighted by atomic mass is 9.68. The third-order valence-corrected chi connectivity index (χ3v) is 12.5. The van der Waals surface area contributed by atoms with E-state index in [2.05, 4.69) is 24.1 Å². The summed E-state index contributed by atoms with van der Waals surface area (Å²) < 4.78 is 34.3. The molecule has 244 valence electrons. The molecule has 0 spiro atoms. The van der Waals surface area contributed by atoms with Gasteiger partial charge in [-0.05, 0) is 86.5 Å². The van der Waals surface area contributed by atoms with E-state index in [-0.39, 0.29) is 5.75 Å². The van der Waals surface area contributed by atoms with Crippen LogP contribution in [-0.4, -0.2) is 82.7 Å². The van der Waals surface area contributed by atoms with Crippen molar-refractivity contribution in [1.29, 1.82) is 0 Å². The van der Waals surface area contributed by atoms with Gasteiger partial charge in [-0.3, -0.25) is 4.90 Å². The van der Waals surface area contributed by atoms with Gasteiger partial charge in [0.25, 0.3) is 0 Å². The summed E-state index contributed by atoms with van der Waals surface area (Å²) in [4.78, 5) is 5.00. The van der Waals surface area contributed by atoms with Crippen molar-refractivity contribution in [2.45, 2.75) is 107 Å². The van der Waals surface area contributed by atoms with Crippen molar-refractivity contribution in [2.24, 2.45) is 5.41 Å². The van der Waals surface area contributed by atoms with Gasteiger partial charge in [-0.15, -0.1) is 0 Å². The average molecular weight is 626 g/mol. The number of unbranched alkanes of at least 4 members (excludes halogenated alkanes) is 3. The molecule has 6 rings (SSSR count). The summed E-state index contributed by atoms with van der Waals surface area (Å²) in [6.07, 6.45) is 9.08. The number of piperidine rings is 2. The Labute approximate surface area is 266 Å². The molecule has 3 saturated heterocycles. The molecule has 4 atom stereocenters. The fourth-order valence-electron chi connectivity index (χ4n) is 7.84. The molecular weight excluding hydrogens is 570 g/mol. The molecule has 2 N–H and O–H groups in total.